The summed E-state index contributed by atoms with van der Waals surface area (Å²) in [5.41, 5.74) is 4.73. The Kier molecular flexibility index (Phi) is 4.86. The van der Waals surface area contributed by atoms with E-state index in [2.05, 4.69) is 41.7 Å². The molecule has 124 valence electrons. The second-order valence-corrected chi connectivity index (χ2v) is 9.04. The molecule has 4 rings (SSSR count). The van der Waals surface area contributed by atoms with E-state index in [1.54, 1.807) is 0 Å². The summed E-state index contributed by atoms with van der Waals surface area (Å²) in [5, 5.41) is 3.20. The Morgan fingerprint density at radius 2 is 1.75 bits per heavy atom. The standard InChI is InChI=1S/C20H21NOS2/c22-19(21-18-11-10-14-4-1-2-5-17(14)18)15-6-8-16(9-7-15)20-23-12-3-13-24-20/h1-2,4-9,18,20H,3,10-13H2,(H,21,22). The van der Waals surface area contributed by atoms with Crippen LogP contribution in [0.5, 0.6) is 0 Å². The molecule has 2 nitrogen and oxygen atoms in total. The van der Waals surface area contributed by atoms with Crippen LogP contribution in [0.4, 0.5) is 0 Å². The van der Waals surface area contributed by atoms with E-state index >= 15 is 0 Å². The van der Waals surface area contributed by atoms with E-state index < -0.39 is 0 Å². The number of rotatable bonds is 3. The van der Waals surface area contributed by atoms with Crippen molar-refractivity contribution in [2.24, 2.45) is 0 Å². The van der Waals surface area contributed by atoms with Crippen LogP contribution in [0.2, 0.25) is 0 Å². The summed E-state index contributed by atoms with van der Waals surface area (Å²) in [4.78, 5) is 12.6. The molecule has 1 aliphatic heterocycles. The Bertz CT molecular complexity index is 723. The summed E-state index contributed by atoms with van der Waals surface area (Å²) in [6, 6.07) is 16.8. The minimum atomic E-state index is 0.0344. The molecule has 2 aromatic carbocycles. The lowest BCUT2D eigenvalue weighted by molar-refractivity contribution is 0.0936. The molecule has 1 amide bonds. The monoisotopic (exact) mass is 355 g/mol. The predicted octanol–water partition coefficient (Wildman–Crippen LogP) is 4.97. The van der Waals surface area contributed by atoms with Crippen molar-refractivity contribution in [1.29, 1.82) is 0 Å². The van der Waals surface area contributed by atoms with Gasteiger partial charge in [0.2, 0.25) is 0 Å². The summed E-state index contributed by atoms with van der Waals surface area (Å²) < 4.78 is 0.526. The van der Waals surface area contributed by atoms with Gasteiger partial charge in [-0.05, 0) is 59.6 Å². The maximum Gasteiger partial charge on any atom is 0.251 e. The summed E-state index contributed by atoms with van der Waals surface area (Å²) >= 11 is 4.02. The van der Waals surface area contributed by atoms with Crippen LogP contribution in [0.3, 0.4) is 0 Å². The normalized spacial score (nSPS) is 20.6. The molecule has 1 unspecified atom stereocenters. The minimum absolute atomic E-state index is 0.0344. The number of hydrogen-bond acceptors (Lipinski definition) is 3. The fourth-order valence-corrected chi connectivity index (χ4v) is 6.31. The van der Waals surface area contributed by atoms with Gasteiger partial charge in [0.1, 0.15) is 0 Å². The Morgan fingerprint density at radius 1 is 1.00 bits per heavy atom. The van der Waals surface area contributed by atoms with Crippen LogP contribution in [0.15, 0.2) is 48.5 Å². The fraction of sp³-hybridized carbons (Fsp3) is 0.350. The van der Waals surface area contributed by atoms with E-state index in [1.807, 2.05) is 35.7 Å². The number of hydrogen-bond donors (Lipinski definition) is 1. The third-order valence-corrected chi connectivity index (χ3v) is 7.73. The summed E-state index contributed by atoms with van der Waals surface area (Å²) in [6.07, 6.45) is 3.35. The molecule has 1 saturated heterocycles. The molecule has 4 heteroatoms. The van der Waals surface area contributed by atoms with Gasteiger partial charge in [-0.2, -0.15) is 0 Å². The average molecular weight is 356 g/mol. The SMILES string of the molecule is O=C(NC1CCc2ccccc21)c1ccc(C2SCCCS2)cc1. The zero-order chi connectivity index (χ0) is 16.4. The number of benzene rings is 2. The van der Waals surface area contributed by atoms with Crippen LogP contribution >= 0.6 is 23.5 Å². The molecule has 1 fully saturated rings. The first-order chi connectivity index (χ1) is 11.8. The maximum absolute atomic E-state index is 12.6. The second-order valence-electron chi connectivity index (χ2n) is 6.31. The van der Waals surface area contributed by atoms with Gasteiger partial charge in [0.15, 0.2) is 0 Å². The Balaban J connectivity index is 1.43. The van der Waals surface area contributed by atoms with E-state index in [4.69, 9.17) is 0 Å². The van der Waals surface area contributed by atoms with E-state index in [0.29, 0.717) is 4.58 Å². The number of carbonyl (C=O) groups excluding carboxylic acids is 1. The molecule has 1 aliphatic carbocycles. The van der Waals surface area contributed by atoms with E-state index in [0.717, 1.165) is 18.4 Å². The first-order valence-electron chi connectivity index (χ1n) is 8.53. The number of carbonyl (C=O) groups is 1. The molecular formula is C20H21NOS2. The average Bonchev–Trinajstić information content (AvgIpc) is 3.06. The Hall–Kier alpha value is -1.39. The minimum Gasteiger partial charge on any atom is -0.345 e. The van der Waals surface area contributed by atoms with Gasteiger partial charge >= 0.3 is 0 Å². The molecular weight excluding hydrogens is 334 g/mol. The van der Waals surface area contributed by atoms with Crippen molar-refractivity contribution in [2.75, 3.05) is 11.5 Å². The molecule has 0 bridgehead atoms. The van der Waals surface area contributed by atoms with Gasteiger partial charge in [0, 0.05) is 5.56 Å². The van der Waals surface area contributed by atoms with Crippen molar-refractivity contribution >= 4 is 29.4 Å². The van der Waals surface area contributed by atoms with Gasteiger partial charge in [-0.1, -0.05) is 36.4 Å². The molecule has 0 radical (unpaired) electrons. The molecule has 24 heavy (non-hydrogen) atoms. The van der Waals surface area contributed by atoms with Gasteiger partial charge < -0.3 is 5.32 Å². The highest BCUT2D eigenvalue weighted by Gasteiger charge is 2.24. The van der Waals surface area contributed by atoms with Gasteiger partial charge in [-0.3, -0.25) is 4.79 Å². The summed E-state index contributed by atoms with van der Waals surface area (Å²) in [5.74, 6) is 2.51. The van der Waals surface area contributed by atoms with E-state index in [1.165, 1.54) is 34.6 Å². The molecule has 2 aliphatic rings. The zero-order valence-electron chi connectivity index (χ0n) is 13.5. The van der Waals surface area contributed by atoms with Gasteiger partial charge in [-0.15, -0.1) is 23.5 Å². The van der Waals surface area contributed by atoms with Crippen molar-refractivity contribution in [1.82, 2.24) is 5.32 Å². The molecule has 1 heterocycles. The molecule has 1 atom stereocenters. The Labute approximate surface area is 151 Å². The lowest BCUT2D eigenvalue weighted by atomic mass is 10.1. The molecule has 0 aromatic heterocycles. The quantitative estimate of drug-likeness (QED) is 0.842. The van der Waals surface area contributed by atoms with Gasteiger partial charge in [-0.25, -0.2) is 0 Å². The third kappa shape index (κ3) is 3.35. The lowest BCUT2D eigenvalue weighted by Gasteiger charge is -2.21. The molecule has 2 aromatic rings. The lowest BCUT2D eigenvalue weighted by Crippen LogP contribution is -2.27. The molecule has 1 N–H and O–H groups in total. The molecule has 0 saturated carbocycles. The molecule has 0 spiro atoms. The van der Waals surface area contributed by atoms with Crippen molar-refractivity contribution in [3.8, 4) is 0 Å². The zero-order valence-corrected chi connectivity index (χ0v) is 15.2. The van der Waals surface area contributed by atoms with Gasteiger partial charge in [0.05, 0.1) is 10.6 Å². The number of amides is 1. The van der Waals surface area contributed by atoms with Crippen LogP contribution < -0.4 is 5.32 Å². The van der Waals surface area contributed by atoms with Crippen molar-refractivity contribution in [3.05, 3.63) is 70.8 Å². The predicted molar refractivity (Wildman–Crippen MR) is 104 cm³/mol. The van der Waals surface area contributed by atoms with Crippen LogP contribution in [0, 0.1) is 0 Å². The third-order valence-electron chi connectivity index (χ3n) is 4.71. The first-order valence-corrected chi connectivity index (χ1v) is 10.6. The number of nitrogens with one attached hydrogen (secondary N) is 1. The van der Waals surface area contributed by atoms with E-state index in [9.17, 15) is 4.79 Å². The van der Waals surface area contributed by atoms with Crippen LogP contribution in [-0.2, 0) is 6.42 Å². The highest BCUT2D eigenvalue weighted by molar-refractivity contribution is 8.16. The van der Waals surface area contributed by atoms with Crippen molar-refractivity contribution in [2.45, 2.75) is 29.9 Å². The smallest absolute Gasteiger partial charge is 0.251 e. The summed E-state index contributed by atoms with van der Waals surface area (Å²) in [6.45, 7) is 0. The number of fused-ring (bicyclic) bond motifs is 1. The maximum atomic E-state index is 12.6. The van der Waals surface area contributed by atoms with Crippen molar-refractivity contribution in [3.63, 3.8) is 0 Å². The number of aryl methyl sites for hydroxylation is 1. The van der Waals surface area contributed by atoms with Gasteiger partial charge in [0.25, 0.3) is 5.91 Å². The Morgan fingerprint density at radius 3 is 2.54 bits per heavy atom. The highest BCUT2D eigenvalue weighted by Crippen LogP contribution is 2.43. The van der Waals surface area contributed by atoms with Crippen LogP contribution in [0.25, 0.3) is 0 Å². The second kappa shape index (κ2) is 7.24. The summed E-state index contributed by atoms with van der Waals surface area (Å²) in [7, 11) is 0. The van der Waals surface area contributed by atoms with E-state index in [-0.39, 0.29) is 11.9 Å². The fourth-order valence-electron chi connectivity index (χ4n) is 3.42. The van der Waals surface area contributed by atoms with Crippen molar-refractivity contribution < 1.29 is 4.79 Å². The van der Waals surface area contributed by atoms with Crippen LogP contribution in [0.1, 0.15) is 50.5 Å². The topological polar surface area (TPSA) is 29.1 Å². The van der Waals surface area contributed by atoms with Crippen LogP contribution in [-0.4, -0.2) is 17.4 Å². The highest BCUT2D eigenvalue weighted by atomic mass is 32.2. The first kappa shape index (κ1) is 16.1. The largest absolute Gasteiger partial charge is 0.345 e. The number of thioether (sulfide) groups is 2.